The maximum absolute atomic E-state index is 11.6. The highest BCUT2D eigenvalue weighted by Gasteiger charge is 2.27. The monoisotopic (exact) mass is 378 g/mol. The van der Waals surface area contributed by atoms with Gasteiger partial charge in [0.05, 0.1) is 12.3 Å². The van der Waals surface area contributed by atoms with Crippen LogP contribution in [-0.2, 0) is 47.1 Å². The van der Waals surface area contributed by atoms with Crippen LogP contribution in [0.5, 0.6) is 0 Å². The van der Waals surface area contributed by atoms with Crippen LogP contribution in [0.15, 0.2) is 0 Å². The van der Waals surface area contributed by atoms with Gasteiger partial charge in [0, 0.05) is 0 Å². The average Bonchev–Trinajstić information content (AvgIpc) is 2.44. The predicted molar refractivity (Wildman–Crippen MR) is 95.5 cm³/mol. The zero-order valence-electron chi connectivity index (χ0n) is 14.7. The standard InChI is InChI=1S/C16H28O6P2/c1-5-11-12(6-2)16(10-24(20,21)22)14(8-4)13(7-3)15(11)9-23(17,18)19/h5-10H2,1-4H3,(H2,17,18,19)(H2,20,21,22). The normalized spacial score (nSPS) is 12.7. The fourth-order valence-corrected chi connectivity index (χ4v) is 5.18. The lowest BCUT2D eigenvalue weighted by Crippen LogP contribution is -2.13. The van der Waals surface area contributed by atoms with Crippen molar-refractivity contribution in [1.29, 1.82) is 0 Å². The summed E-state index contributed by atoms with van der Waals surface area (Å²) >= 11 is 0. The van der Waals surface area contributed by atoms with Gasteiger partial charge in [0.2, 0.25) is 0 Å². The van der Waals surface area contributed by atoms with E-state index in [1.165, 1.54) is 0 Å². The van der Waals surface area contributed by atoms with Crippen molar-refractivity contribution in [3.8, 4) is 0 Å². The van der Waals surface area contributed by atoms with Crippen molar-refractivity contribution >= 4 is 15.2 Å². The molecule has 0 aromatic heterocycles. The molecule has 4 N–H and O–H groups in total. The molecule has 0 atom stereocenters. The summed E-state index contributed by atoms with van der Waals surface area (Å²) in [4.78, 5) is 37.9. The molecule has 0 aliphatic heterocycles. The van der Waals surface area contributed by atoms with Gasteiger partial charge in [-0.25, -0.2) is 0 Å². The van der Waals surface area contributed by atoms with Gasteiger partial charge in [-0.15, -0.1) is 0 Å². The number of hydrogen-bond donors (Lipinski definition) is 4. The molecular weight excluding hydrogens is 350 g/mol. The summed E-state index contributed by atoms with van der Waals surface area (Å²) in [6, 6.07) is 0. The molecule has 1 aromatic rings. The lowest BCUT2D eigenvalue weighted by Gasteiger charge is -2.26. The highest BCUT2D eigenvalue weighted by Crippen LogP contribution is 2.47. The first-order valence-electron chi connectivity index (χ1n) is 8.25. The zero-order valence-corrected chi connectivity index (χ0v) is 16.5. The molecule has 0 aliphatic carbocycles. The van der Waals surface area contributed by atoms with Gasteiger partial charge in [0.25, 0.3) is 0 Å². The number of benzene rings is 1. The second kappa shape index (κ2) is 8.27. The topological polar surface area (TPSA) is 115 Å². The number of hydrogen-bond acceptors (Lipinski definition) is 2. The van der Waals surface area contributed by atoms with Gasteiger partial charge in [0.1, 0.15) is 0 Å². The van der Waals surface area contributed by atoms with Crippen LogP contribution in [0.4, 0.5) is 0 Å². The first-order valence-corrected chi connectivity index (χ1v) is 11.8. The smallest absolute Gasteiger partial charge is 0.324 e. The minimum Gasteiger partial charge on any atom is -0.324 e. The Labute approximate surface area is 143 Å². The van der Waals surface area contributed by atoms with E-state index in [-0.39, 0.29) is 12.3 Å². The van der Waals surface area contributed by atoms with E-state index in [2.05, 4.69) is 0 Å². The summed E-state index contributed by atoms with van der Waals surface area (Å²) in [6.45, 7) is 7.63. The Balaban J connectivity index is 3.86. The molecule has 8 heteroatoms. The molecule has 0 aliphatic rings. The van der Waals surface area contributed by atoms with Crippen LogP contribution in [0.2, 0.25) is 0 Å². The Morgan fingerprint density at radius 2 is 0.750 bits per heavy atom. The molecule has 6 nitrogen and oxygen atoms in total. The van der Waals surface area contributed by atoms with Crippen molar-refractivity contribution in [2.75, 3.05) is 0 Å². The molecular formula is C16H28O6P2. The molecule has 0 unspecified atom stereocenters. The Morgan fingerprint density at radius 3 is 0.875 bits per heavy atom. The summed E-state index contributed by atoms with van der Waals surface area (Å²) in [5, 5.41) is 0. The first-order chi connectivity index (χ1) is 11.0. The van der Waals surface area contributed by atoms with E-state index in [1.807, 2.05) is 27.7 Å². The second-order valence-electron chi connectivity index (χ2n) is 5.93. The van der Waals surface area contributed by atoms with Gasteiger partial charge < -0.3 is 19.6 Å². The van der Waals surface area contributed by atoms with Crippen molar-refractivity contribution in [1.82, 2.24) is 0 Å². The van der Waals surface area contributed by atoms with Gasteiger partial charge in [-0.3, -0.25) is 9.13 Å². The molecule has 0 bridgehead atoms. The molecule has 0 heterocycles. The average molecular weight is 378 g/mol. The molecule has 0 saturated heterocycles. The minimum atomic E-state index is -4.24. The first kappa shape index (κ1) is 21.6. The molecule has 0 saturated carbocycles. The van der Waals surface area contributed by atoms with Crippen LogP contribution in [0, 0.1) is 0 Å². The summed E-state index contributed by atoms with van der Waals surface area (Å²) < 4.78 is 23.2. The van der Waals surface area contributed by atoms with E-state index >= 15 is 0 Å². The lowest BCUT2D eigenvalue weighted by molar-refractivity contribution is 0.368. The van der Waals surface area contributed by atoms with Crippen molar-refractivity contribution in [2.45, 2.75) is 65.7 Å². The molecule has 1 rings (SSSR count). The van der Waals surface area contributed by atoms with Gasteiger partial charge in [0.15, 0.2) is 0 Å². The fraction of sp³-hybridized carbons (Fsp3) is 0.625. The van der Waals surface area contributed by atoms with Crippen molar-refractivity contribution < 1.29 is 28.7 Å². The van der Waals surface area contributed by atoms with Crippen LogP contribution in [0.25, 0.3) is 0 Å². The van der Waals surface area contributed by atoms with Crippen molar-refractivity contribution in [2.24, 2.45) is 0 Å². The van der Waals surface area contributed by atoms with Crippen LogP contribution in [0.3, 0.4) is 0 Å². The van der Waals surface area contributed by atoms with Gasteiger partial charge in [-0.1, -0.05) is 27.7 Å². The lowest BCUT2D eigenvalue weighted by atomic mass is 9.83. The Kier molecular flexibility index (Phi) is 7.43. The van der Waals surface area contributed by atoms with Crippen LogP contribution in [-0.4, -0.2) is 19.6 Å². The van der Waals surface area contributed by atoms with E-state index in [0.717, 1.165) is 22.3 Å². The van der Waals surface area contributed by atoms with Crippen molar-refractivity contribution in [3.05, 3.63) is 33.4 Å². The van der Waals surface area contributed by atoms with E-state index in [9.17, 15) is 28.7 Å². The third-order valence-electron chi connectivity index (χ3n) is 4.33. The summed E-state index contributed by atoms with van der Waals surface area (Å²) in [5.41, 5.74) is 4.65. The maximum Gasteiger partial charge on any atom is 0.329 e. The van der Waals surface area contributed by atoms with Crippen molar-refractivity contribution in [3.63, 3.8) is 0 Å². The minimum absolute atomic E-state index is 0.324. The molecule has 24 heavy (non-hydrogen) atoms. The van der Waals surface area contributed by atoms with E-state index in [1.54, 1.807) is 0 Å². The fourth-order valence-electron chi connectivity index (χ4n) is 3.59. The molecule has 138 valence electrons. The van der Waals surface area contributed by atoms with E-state index in [4.69, 9.17) is 0 Å². The number of rotatable bonds is 8. The Morgan fingerprint density at radius 1 is 0.542 bits per heavy atom. The van der Waals surface area contributed by atoms with Gasteiger partial charge >= 0.3 is 15.2 Å². The largest absolute Gasteiger partial charge is 0.329 e. The molecule has 0 amide bonds. The maximum atomic E-state index is 11.6. The summed E-state index contributed by atoms with van der Waals surface area (Å²) in [5.74, 6) is 0. The van der Waals surface area contributed by atoms with Crippen LogP contribution < -0.4 is 0 Å². The van der Waals surface area contributed by atoms with Crippen LogP contribution >= 0.6 is 15.2 Å². The Hall–Kier alpha value is -0.480. The van der Waals surface area contributed by atoms with Gasteiger partial charge in [-0.2, -0.15) is 0 Å². The quantitative estimate of drug-likeness (QED) is 0.516. The molecule has 1 aromatic carbocycles. The summed E-state index contributed by atoms with van der Waals surface area (Å²) in [7, 11) is -8.48. The van der Waals surface area contributed by atoms with E-state index in [0.29, 0.717) is 36.8 Å². The van der Waals surface area contributed by atoms with E-state index < -0.39 is 15.2 Å². The Bertz CT molecular complexity index is 594. The zero-order chi connectivity index (χ0) is 18.7. The third kappa shape index (κ3) is 5.26. The van der Waals surface area contributed by atoms with Crippen LogP contribution in [0.1, 0.15) is 61.1 Å². The highest BCUT2D eigenvalue weighted by molar-refractivity contribution is 7.51. The molecule has 0 fully saturated rings. The molecule has 0 radical (unpaired) electrons. The second-order valence-corrected chi connectivity index (χ2v) is 9.22. The highest BCUT2D eigenvalue weighted by atomic mass is 31.2. The summed E-state index contributed by atoms with van der Waals surface area (Å²) in [6.07, 6.45) is 1.64. The van der Waals surface area contributed by atoms with Gasteiger partial charge in [-0.05, 0) is 59.1 Å². The predicted octanol–water partition coefficient (Wildman–Crippen LogP) is 3.29. The third-order valence-corrected chi connectivity index (χ3v) is 5.78. The molecule has 0 spiro atoms. The SMILES string of the molecule is CCc1c(CC)c(CP(=O)(O)O)c(CC)c(CC)c1CP(=O)(O)O.